The molecule has 0 aliphatic rings. The van der Waals surface area contributed by atoms with Crippen molar-refractivity contribution < 1.29 is 14.2 Å². The second-order valence-electron chi connectivity index (χ2n) is 3.89. The number of rotatable bonds is 5. The van der Waals surface area contributed by atoms with Gasteiger partial charge in [-0.3, -0.25) is 5.41 Å². The van der Waals surface area contributed by atoms with E-state index < -0.39 is 0 Å². The lowest BCUT2D eigenvalue weighted by Gasteiger charge is -2.13. The Balaban J connectivity index is 2.31. The van der Waals surface area contributed by atoms with E-state index in [1.165, 1.54) is 6.20 Å². The third kappa shape index (κ3) is 2.80. The van der Waals surface area contributed by atoms with Gasteiger partial charge in [0.05, 0.1) is 20.4 Å². The molecule has 2 rings (SSSR count). The van der Waals surface area contributed by atoms with Gasteiger partial charge in [-0.15, -0.1) is 0 Å². The standard InChI is InChI=1S/C14H15N3O3/c1-18-11-4-3-5-12(19-2)13(11)20-9-6-7-10(14(15)16)17-8-9/h3-8H,1-2H3,(H3,15,16). The summed E-state index contributed by atoms with van der Waals surface area (Å²) in [5, 5.41) is 7.29. The lowest BCUT2D eigenvalue weighted by atomic mass is 10.3. The Morgan fingerprint density at radius 2 is 1.75 bits per heavy atom. The Morgan fingerprint density at radius 1 is 1.10 bits per heavy atom. The predicted octanol–water partition coefficient (Wildman–Crippen LogP) is 2.18. The molecule has 0 spiro atoms. The molecule has 0 radical (unpaired) electrons. The Kier molecular flexibility index (Phi) is 4.05. The first-order valence-corrected chi connectivity index (χ1v) is 5.85. The fourth-order valence-electron chi connectivity index (χ4n) is 1.64. The highest BCUT2D eigenvalue weighted by molar-refractivity contribution is 5.92. The van der Waals surface area contributed by atoms with E-state index in [2.05, 4.69) is 4.98 Å². The number of aromatic nitrogens is 1. The molecule has 6 heteroatoms. The summed E-state index contributed by atoms with van der Waals surface area (Å²) in [6.07, 6.45) is 1.49. The Bertz CT molecular complexity index is 589. The Labute approximate surface area is 116 Å². The summed E-state index contributed by atoms with van der Waals surface area (Å²) in [4.78, 5) is 4.03. The van der Waals surface area contributed by atoms with Gasteiger partial charge in [0.2, 0.25) is 5.75 Å². The van der Waals surface area contributed by atoms with Gasteiger partial charge in [-0.25, -0.2) is 4.98 Å². The van der Waals surface area contributed by atoms with Gasteiger partial charge in [-0.1, -0.05) is 6.07 Å². The van der Waals surface area contributed by atoms with Gasteiger partial charge in [0.1, 0.15) is 17.3 Å². The first kappa shape index (κ1) is 13.7. The number of benzene rings is 1. The van der Waals surface area contributed by atoms with Crippen LogP contribution in [-0.2, 0) is 0 Å². The third-order valence-corrected chi connectivity index (χ3v) is 2.61. The van der Waals surface area contributed by atoms with E-state index in [-0.39, 0.29) is 5.84 Å². The second-order valence-corrected chi connectivity index (χ2v) is 3.89. The first-order chi connectivity index (χ1) is 9.65. The van der Waals surface area contributed by atoms with E-state index in [0.29, 0.717) is 28.7 Å². The van der Waals surface area contributed by atoms with Crippen molar-refractivity contribution in [2.45, 2.75) is 0 Å². The monoisotopic (exact) mass is 273 g/mol. The average Bonchev–Trinajstić information content (AvgIpc) is 2.48. The number of nitrogens with one attached hydrogen (secondary N) is 1. The van der Waals surface area contributed by atoms with Crippen LogP contribution < -0.4 is 19.9 Å². The molecule has 1 aromatic carbocycles. The van der Waals surface area contributed by atoms with Gasteiger partial charge >= 0.3 is 0 Å². The molecule has 0 saturated carbocycles. The maximum absolute atomic E-state index is 7.29. The van der Waals surface area contributed by atoms with Crippen molar-refractivity contribution in [3.63, 3.8) is 0 Å². The van der Waals surface area contributed by atoms with Crippen molar-refractivity contribution in [1.82, 2.24) is 4.98 Å². The van der Waals surface area contributed by atoms with Gasteiger partial charge in [0, 0.05) is 0 Å². The van der Waals surface area contributed by atoms with E-state index in [1.807, 2.05) is 6.07 Å². The molecule has 0 fully saturated rings. The van der Waals surface area contributed by atoms with Crippen LogP contribution in [0, 0.1) is 5.41 Å². The molecule has 0 bridgehead atoms. The molecule has 2 aromatic rings. The molecule has 0 atom stereocenters. The number of pyridine rings is 1. The summed E-state index contributed by atoms with van der Waals surface area (Å²) in [5.74, 6) is 1.99. The second kappa shape index (κ2) is 5.92. The summed E-state index contributed by atoms with van der Waals surface area (Å²) < 4.78 is 16.2. The molecular weight excluding hydrogens is 258 g/mol. The summed E-state index contributed by atoms with van der Waals surface area (Å²) in [6.45, 7) is 0. The quantitative estimate of drug-likeness (QED) is 0.643. The van der Waals surface area contributed by atoms with Crippen LogP contribution in [0.3, 0.4) is 0 Å². The van der Waals surface area contributed by atoms with Gasteiger partial charge in [0.15, 0.2) is 11.5 Å². The fraction of sp³-hybridized carbons (Fsp3) is 0.143. The summed E-state index contributed by atoms with van der Waals surface area (Å²) >= 11 is 0. The fourth-order valence-corrected chi connectivity index (χ4v) is 1.64. The van der Waals surface area contributed by atoms with E-state index in [0.717, 1.165) is 0 Å². The van der Waals surface area contributed by atoms with Crippen LogP contribution in [0.4, 0.5) is 0 Å². The van der Waals surface area contributed by atoms with Gasteiger partial charge in [-0.05, 0) is 24.3 Å². The highest BCUT2D eigenvalue weighted by Crippen LogP contribution is 2.39. The zero-order valence-electron chi connectivity index (χ0n) is 11.2. The minimum absolute atomic E-state index is 0.0913. The van der Waals surface area contributed by atoms with Crippen molar-refractivity contribution in [3.8, 4) is 23.0 Å². The van der Waals surface area contributed by atoms with Gasteiger partial charge in [0.25, 0.3) is 0 Å². The summed E-state index contributed by atoms with van der Waals surface area (Å²) in [5.41, 5.74) is 5.74. The van der Waals surface area contributed by atoms with Crippen molar-refractivity contribution in [3.05, 3.63) is 42.2 Å². The van der Waals surface area contributed by atoms with Crippen LogP contribution in [0.25, 0.3) is 0 Å². The largest absolute Gasteiger partial charge is 0.493 e. The van der Waals surface area contributed by atoms with Crippen LogP contribution in [0.15, 0.2) is 36.5 Å². The lowest BCUT2D eigenvalue weighted by molar-refractivity contribution is 0.346. The highest BCUT2D eigenvalue weighted by Gasteiger charge is 2.12. The minimum atomic E-state index is -0.0913. The molecular formula is C14H15N3O3. The van der Waals surface area contributed by atoms with Crippen molar-refractivity contribution in [2.75, 3.05) is 14.2 Å². The lowest BCUT2D eigenvalue weighted by Crippen LogP contribution is -2.12. The molecule has 1 aromatic heterocycles. The first-order valence-electron chi connectivity index (χ1n) is 5.85. The maximum atomic E-state index is 7.29. The Hall–Kier alpha value is -2.76. The number of para-hydroxylation sites is 1. The van der Waals surface area contributed by atoms with Gasteiger partial charge in [-0.2, -0.15) is 0 Å². The molecule has 0 aliphatic carbocycles. The third-order valence-electron chi connectivity index (χ3n) is 2.61. The molecule has 6 nitrogen and oxygen atoms in total. The molecule has 3 N–H and O–H groups in total. The van der Waals surface area contributed by atoms with Crippen molar-refractivity contribution in [1.29, 1.82) is 5.41 Å². The SMILES string of the molecule is COc1cccc(OC)c1Oc1ccc(C(=N)N)nc1. The predicted molar refractivity (Wildman–Crippen MR) is 74.9 cm³/mol. The normalized spacial score (nSPS) is 9.90. The molecule has 0 aliphatic heterocycles. The number of nitrogen functional groups attached to an aromatic ring is 1. The number of hydrogen-bond donors (Lipinski definition) is 2. The van der Waals surface area contributed by atoms with E-state index in [4.69, 9.17) is 25.4 Å². The topological polar surface area (TPSA) is 90.5 Å². The molecule has 0 amide bonds. The zero-order chi connectivity index (χ0) is 14.5. The highest BCUT2D eigenvalue weighted by atomic mass is 16.5. The maximum Gasteiger partial charge on any atom is 0.211 e. The number of nitrogens with zero attached hydrogens (tertiary/aromatic N) is 1. The zero-order valence-corrected chi connectivity index (χ0v) is 11.2. The number of nitrogens with two attached hydrogens (primary N) is 1. The summed E-state index contributed by atoms with van der Waals surface area (Å²) in [7, 11) is 3.11. The smallest absolute Gasteiger partial charge is 0.211 e. The van der Waals surface area contributed by atoms with Crippen LogP contribution in [0.5, 0.6) is 23.0 Å². The van der Waals surface area contributed by atoms with Crippen LogP contribution in [0.1, 0.15) is 5.69 Å². The number of ether oxygens (including phenoxy) is 3. The molecule has 1 heterocycles. The van der Waals surface area contributed by atoms with Crippen LogP contribution >= 0.6 is 0 Å². The Morgan fingerprint density at radius 3 is 2.20 bits per heavy atom. The minimum Gasteiger partial charge on any atom is -0.493 e. The molecule has 104 valence electrons. The van der Waals surface area contributed by atoms with Crippen LogP contribution in [0.2, 0.25) is 0 Å². The average molecular weight is 273 g/mol. The van der Waals surface area contributed by atoms with Gasteiger partial charge < -0.3 is 19.9 Å². The molecule has 0 unspecified atom stereocenters. The number of hydrogen-bond acceptors (Lipinski definition) is 5. The van der Waals surface area contributed by atoms with E-state index in [1.54, 1.807) is 38.5 Å². The molecule has 20 heavy (non-hydrogen) atoms. The number of amidine groups is 1. The van der Waals surface area contributed by atoms with Crippen LogP contribution in [-0.4, -0.2) is 25.0 Å². The van der Waals surface area contributed by atoms with E-state index in [9.17, 15) is 0 Å². The molecule has 0 saturated heterocycles. The van der Waals surface area contributed by atoms with Crippen molar-refractivity contribution in [2.24, 2.45) is 5.73 Å². The summed E-state index contributed by atoms with van der Waals surface area (Å²) in [6, 6.07) is 8.64. The van der Waals surface area contributed by atoms with E-state index >= 15 is 0 Å². The number of methoxy groups -OCH3 is 2. The van der Waals surface area contributed by atoms with Crippen molar-refractivity contribution >= 4 is 5.84 Å².